The summed E-state index contributed by atoms with van der Waals surface area (Å²) in [5.74, 6) is 0.405. The van der Waals surface area contributed by atoms with Gasteiger partial charge in [-0.25, -0.2) is 0 Å². The third kappa shape index (κ3) is 4.15. The quantitative estimate of drug-likeness (QED) is 0.447. The summed E-state index contributed by atoms with van der Waals surface area (Å²) in [5.41, 5.74) is 1.60. The maximum atomic E-state index is 10.0. The highest BCUT2D eigenvalue weighted by atomic mass is 16.7. The highest BCUT2D eigenvalue weighted by Crippen LogP contribution is 2.30. The second kappa shape index (κ2) is 8.61. The molecule has 1 heterocycles. The van der Waals surface area contributed by atoms with E-state index >= 15 is 0 Å². The second-order valence-electron chi connectivity index (χ2n) is 5.53. The van der Waals surface area contributed by atoms with Crippen LogP contribution in [0.3, 0.4) is 0 Å². The molecule has 5 unspecified atom stereocenters. The number of benzene rings is 1. The van der Waals surface area contributed by atoms with Crippen LogP contribution in [0.5, 0.6) is 5.75 Å². The van der Waals surface area contributed by atoms with E-state index in [1.807, 2.05) is 19.1 Å². The summed E-state index contributed by atoms with van der Waals surface area (Å²) in [6, 6.07) is 5.35. The normalized spacial score (nSPS) is 30.2. The van der Waals surface area contributed by atoms with Gasteiger partial charge in [0.2, 0.25) is 6.29 Å². The molecule has 0 saturated carbocycles. The lowest BCUT2D eigenvalue weighted by atomic mass is 9.99. The Morgan fingerprint density at radius 2 is 1.92 bits per heavy atom. The Morgan fingerprint density at radius 3 is 2.54 bits per heavy atom. The molecule has 136 valence electrons. The lowest BCUT2D eigenvalue weighted by Gasteiger charge is -2.39. The average molecular weight is 343 g/mol. The highest BCUT2D eigenvalue weighted by Gasteiger charge is 2.44. The highest BCUT2D eigenvalue weighted by molar-refractivity contribution is 5.57. The van der Waals surface area contributed by atoms with Crippen LogP contribution >= 0.6 is 0 Å². The van der Waals surface area contributed by atoms with Gasteiger partial charge in [0.25, 0.3) is 0 Å². The number of nitrogens with one attached hydrogen (secondary N) is 1. The van der Waals surface area contributed by atoms with E-state index in [4.69, 9.17) is 14.2 Å². The van der Waals surface area contributed by atoms with Crippen molar-refractivity contribution < 1.29 is 34.6 Å². The number of hydrogen-bond donors (Lipinski definition) is 5. The number of aliphatic hydroxyl groups is 4. The summed E-state index contributed by atoms with van der Waals surface area (Å²) in [4.78, 5) is 0. The van der Waals surface area contributed by atoms with Crippen LogP contribution in [0.15, 0.2) is 18.2 Å². The van der Waals surface area contributed by atoms with E-state index in [0.717, 1.165) is 5.56 Å². The fourth-order valence-corrected chi connectivity index (χ4v) is 2.47. The lowest BCUT2D eigenvalue weighted by molar-refractivity contribution is -0.277. The van der Waals surface area contributed by atoms with Gasteiger partial charge in [-0.2, -0.15) is 0 Å². The van der Waals surface area contributed by atoms with Crippen molar-refractivity contribution in [3.05, 3.63) is 23.8 Å². The van der Waals surface area contributed by atoms with Gasteiger partial charge < -0.3 is 40.0 Å². The van der Waals surface area contributed by atoms with Crippen LogP contribution in [0.4, 0.5) is 5.69 Å². The minimum atomic E-state index is -1.48. The molecule has 1 saturated heterocycles. The Labute approximate surface area is 140 Å². The van der Waals surface area contributed by atoms with E-state index in [-0.39, 0.29) is 0 Å². The fourth-order valence-electron chi connectivity index (χ4n) is 2.47. The summed E-state index contributed by atoms with van der Waals surface area (Å²) < 4.78 is 16.3. The molecule has 1 aromatic carbocycles. The van der Waals surface area contributed by atoms with E-state index in [2.05, 4.69) is 5.32 Å². The van der Waals surface area contributed by atoms with Gasteiger partial charge in [-0.05, 0) is 24.6 Å². The summed E-state index contributed by atoms with van der Waals surface area (Å²) in [7, 11) is 1.72. The monoisotopic (exact) mass is 343 g/mol. The standard InChI is InChI=1S/C16H25NO7/c1-3-22-8-9-4-5-11(10(6-9)17-2)23-16-15(21)14(20)13(19)12(7-18)24-16/h4-6,12-21H,3,7-8H2,1-2H3. The van der Waals surface area contributed by atoms with E-state index in [9.17, 15) is 20.4 Å². The van der Waals surface area contributed by atoms with E-state index < -0.39 is 37.3 Å². The summed E-state index contributed by atoms with van der Waals surface area (Å²) in [5, 5.41) is 41.8. The van der Waals surface area contributed by atoms with Crippen LogP contribution in [0.25, 0.3) is 0 Å². The van der Waals surface area contributed by atoms with Gasteiger partial charge in [0.05, 0.1) is 18.9 Å². The maximum absolute atomic E-state index is 10.0. The van der Waals surface area contributed by atoms with Crippen molar-refractivity contribution in [3.63, 3.8) is 0 Å². The summed E-state index contributed by atoms with van der Waals surface area (Å²) in [6.07, 6.45) is -6.57. The largest absolute Gasteiger partial charge is 0.460 e. The van der Waals surface area contributed by atoms with Crippen LogP contribution in [-0.2, 0) is 16.1 Å². The lowest BCUT2D eigenvalue weighted by Crippen LogP contribution is -2.60. The van der Waals surface area contributed by atoms with Crippen LogP contribution in [0, 0.1) is 0 Å². The first-order valence-corrected chi connectivity index (χ1v) is 7.87. The Balaban J connectivity index is 2.14. The molecular weight excluding hydrogens is 318 g/mol. The maximum Gasteiger partial charge on any atom is 0.229 e. The molecule has 0 amide bonds. The summed E-state index contributed by atoms with van der Waals surface area (Å²) >= 11 is 0. The molecule has 0 aromatic heterocycles. The Morgan fingerprint density at radius 1 is 1.17 bits per heavy atom. The minimum absolute atomic E-state index is 0.405. The van der Waals surface area contributed by atoms with Gasteiger partial charge in [-0.3, -0.25) is 0 Å². The van der Waals surface area contributed by atoms with E-state index in [1.54, 1.807) is 13.1 Å². The molecule has 1 aliphatic rings. The van der Waals surface area contributed by atoms with Crippen LogP contribution < -0.4 is 10.1 Å². The van der Waals surface area contributed by atoms with Crippen molar-refractivity contribution in [2.45, 2.75) is 44.2 Å². The zero-order valence-corrected chi connectivity index (χ0v) is 13.8. The predicted molar refractivity (Wildman–Crippen MR) is 85.7 cm³/mol. The Kier molecular flexibility index (Phi) is 6.79. The number of hydrogen-bond acceptors (Lipinski definition) is 8. The van der Waals surface area contributed by atoms with Crippen molar-refractivity contribution in [1.29, 1.82) is 0 Å². The molecular formula is C16H25NO7. The van der Waals surface area contributed by atoms with Crippen molar-refractivity contribution in [2.75, 3.05) is 25.6 Å². The van der Waals surface area contributed by atoms with Crippen molar-refractivity contribution >= 4 is 5.69 Å². The topological polar surface area (TPSA) is 121 Å². The molecule has 1 aromatic rings. The van der Waals surface area contributed by atoms with Crippen molar-refractivity contribution in [1.82, 2.24) is 0 Å². The SMILES string of the molecule is CCOCc1ccc(OC2OC(CO)C(O)C(O)C2O)c(NC)c1. The molecule has 0 aliphatic carbocycles. The molecule has 0 spiro atoms. The third-order valence-corrected chi connectivity index (χ3v) is 3.88. The minimum Gasteiger partial charge on any atom is -0.460 e. The second-order valence-corrected chi connectivity index (χ2v) is 5.53. The summed E-state index contributed by atoms with van der Waals surface area (Å²) in [6.45, 7) is 2.48. The fraction of sp³-hybridized carbons (Fsp3) is 0.625. The zero-order chi connectivity index (χ0) is 17.7. The van der Waals surface area contributed by atoms with Gasteiger partial charge in [0.1, 0.15) is 30.2 Å². The number of aliphatic hydroxyl groups excluding tert-OH is 4. The van der Waals surface area contributed by atoms with Gasteiger partial charge in [-0.15, -0.1) is 0 Å². The molecule has 0 radical (unpaired) electrons. The van der Waals surface area contributed by atoms with Crippen LogP contribution in [0.2, 0.25) is 0 Å². The van der Waals surface area contributed by atoms with Gasteiger partial charge in [0, 0.05) is 13.7 Å². The molecule has 2 rings (SSSR count). The zero-order valence-electron chi connectivity index (χ0n) is 13.8. The van der Waals surface area contributed by atoms with Gasteiger partial charge >= 0.3 is 0 Å². The smallest absolute Gasteiger partial charge is 0.229 e. The molecule has 0 bridgehead atoms. The van der Waals surface area contributed by atoms with E-state index in [0.29, 0.717) is 24.7 Å². The Hall–Kier alpha value is -1.42. The number of ether oxygens (including phenoxy) is 3. The van der Waals surface area contributed by atoms with Gasteiger partial charge in [0.15, 0.2) is 0 Å². The predicted octanol–water partition coefficient (Wildman–Crippen LogP) is -0.557. The molecule has 24 heavy (non-hydrogen) atoms. The molecule has 8 nitrogen and oxygen atoms in total. The number of anilines is 1. The van der Waals surface area contributed by atoms with E-state index in [1.165, 1.54) is 0 Å². The first kappa shape index (κ1) is 18.9. The Bertz CT molecular complexity index is 525. The molecule has 5 N–H and O–H groups in total. The van der Waals surface area contributed by atoms with Crippen LogP contribution in [-0.4, -0.2) is 71.4 Å². The van der Waals surface area contributed by atoms with Crippen molar-refractivity contribution in [3.8, 4) is 5.75 Å². The van der Waals surface area contributed by atoms with Crippen LogP contribution in [0.1, 0.15) is 12.5 Å². The van der Waals surface area contributed by atoms with Gasteiger partial charge in [-0.1, -0.05) is 6.07 Å². The first-order valence-electron chi connectivity index (χ1n) is 7.87. The molecule has 8 heteroatoms. The molecule has 5 atom stereocenters. The number of rotatable bonds is 7. The molecule has 1 fully saturated rings. The third-order valence-electron chi connectivity index (χ3n) is 3.88. The van der Waals surface area contributed by atoms with Crippen molar-refractivity contribution in [2.24, 2.45) is 0 Å². The average Bonchev–Trinajstić information content (AvgIpc) is 2.61. The molecule has 1 aliphatic heterocycles. The first-order chi connectivity index (χ1) is 11.5.